The summed E-state index contributed by atoms with van der Waals surface area (Å²) in [5.41, 5.74) is -0.106. The van der Waals surface area contributed by atoms with Crippen LogP contribution in [0.25, 0.3) is 0 Å². The van der Waals surface area contributed by atoms with E-state index in [-0.39, 0.29) is 10.6 Å². The normalized spacial score (nSPS) is 12.4. The lowest BCUT2D eigenvalue weighted by molar-refractivity contribution is -0.386. The first kappa shape index (κ1) is 14.6. The number of hydrogen-bond acceptors (Lipinski definition) is 4. The lowest BCUT2D eigenvalue weighted by Crippen LogP contribution is -2.20. The van der Waals surface area contributed by atoms with Crippen molar-refractivity contribution in [1.29, 1.82) is 0 Å². The molecule has 0 radical (unpaired) electrons. The van der Waals surface area contributed by atoms with Crippen LogP contribution in [-0.4, -0.2) is 20.4 Å². The van der Waals surface area contributed by atoms with E-state index in [0.29, 0.717) is 5.56 Å². The van der Waals surface area contributed by atoms with Crippen LogP contribution in [0.2, 0.25) is 0 Å². The summed E-state index contributed by atoms with van der Waals surface area (Å²) < 4.78 is 25.3. The fourth-order valence-corrected chi connectivity index (χ4v) is 2.33. The Bertz CT molecular complexity index is 573. The number of rotatable bonds is 3. The minimum absolute atomic E-state index is 0.107. The van der Waals surface area contributed by atoms with Crippen LogP contribution in [0, 0.1) is 10.1 Å². The van der Waals surface area contributed by atoms with Gasteiger partial charge in [0.1, 0.15) is 0 Å². The van der Waals surface area contributed by atoms with Gasteiger partial charge in [0.05, 0.1) is 9.82 Å². The van der Waals surface area contributed by atoms with E-state index in [0.717, 1.165) is 6.07 Å². The molecule has 0 saturated heterocycles. The molecular formula is C11H16N2O4S. The second-order valence-corrected chi connectivity index (χ2v) is 6.78. The Morgan fingerprint density at radius 2 is 1.83 bits per heavy atom. The van der Waals surface area contributed by atoms with Gasteiger partial charge in [0.25, 0.3) is 5.69 Å². The van der Waals surface area contributed by atoms with Crippen LogP contribution in [0.4, 0.5) is 5.69 Å². The van der Waals surface area contributed by atoms with Crippen molar-refractivity contribution >= 4 is 15.7 Å². The zero-order valence-electron chi connectivity index (χ0n) is 10.7. The molecular weight excluding hydrogens is 256 g/mol. The van der Waals surface area contributed by atoms with Gasteiger partial charge in [0.15, 0.2) is 0 Å². The van der Waals surface area contributed by atoms with Crippen LogP contribution in [0.3, 0.4) is 0 Å². The molecule has 1 rings (SSSR count). The molecule has 0 bridgehead atoms. The molecule has 0 aliphatic carbocycles. The first-order valence-corrected chi connectivity index (χ1v) is 6.80. The van der Waals surface area contributed by atoms with Gasteiger partial charge in [-0.1, -0.05) is 26.8 Å². The van der Waals surface area contributed by atoms with E-state index >= 15 is 0 Å². The molecule has 0 unspecified atom stereocenters. The summed E-state index contributed by atoms with van der Waals surface area (Å²) in [6.45, 7) is 5.50. The molecule has 0 heterocycles. The quantitative estimate of drug-likeness (QED) is 0.671. The van der Waals surface area contributed by atoms with Crippen molar-refractivity contribution in [2.45, 2.75) is 31.1 Å². The number of hydrogen-bond donors (Lipinski definition) is 1. The fraction of sp³-hybridized carbons (Fsp3) is 0.455. The van der Waals surface area contributed by atoms with Gasteiger partial charge >= 0.3 is 0 Å². The predicted octanol–water partition coefficient (Wildman–Crippen LogP) is 1.80. The van der Waals surface area contributed by atoms with Crippen LogP contribution in [0.1, 0.15) is 26.3 Å². The summed E-state index contributed by atoms with van der Waals surface area (Å²) in [6, 6.07) is 3.95. The Labute approximate surface area is 106 Å². The molecule has 0 saturated carbocycles. The van der Waals surface area contributed by atoms with E-state index < -0.39 is 20.4 Å². The Balaban J connectivity index is 3.52. The number of benzene rings is 1. The van der Waals surface area contributed by atoms with E-state index in [1.165, 1.54) is 19.2 Å². The summed E-state index contributed by atoms with van der Waals surface area (Å²) in [7, 11) is -2.41. The molecule has 0 aromatic heterocycles. The van der Waals surface area contributed by atoms with Crippen LogP contribution < -0.4 is 4.72 Å². The van der Waals surface area contributed by atoms with E-state index in [4.69, 9.17) is 0 Å². The maximum absolute atomic E-state index is 11.6. The van der Waals surface area contributed by atoms with Crippen LogP contribution in [-0.2, 0) is 15.4 Å². The monoisotopic (exact) mass is 272 g/mol. The second-order valence-electron chi connectivity index (χ2n) is 4.89. The summed E-state index contributed by atoms with van der Waals surface area (Å²) >= 11 is 0. The molecule has 0 aliphatic rings. The van der Waals surface area contributed by atoms with Gasteiger partial charge in [-0.3, -0.25) is 10.1 Å². The average Bonchev–Trinajstić information content (AvgIpc) is 2.27. The minimum Gasteiger partial charge on any atom is -0.258 e. The van der Waals surface area contributed by atoms with Gasteiger partial charge in [-0.2, -0.15) is 0 Å². The SMILES string of the molecule is CNS(=O)(=O)c1ccc(C(C)(C)C)c([N+](=O)[O-])c1. The molecule has 6 nitrogen and oxygen atoms in total. The van der Waals surface area contributed by atoms with E-state index in [2.05, 4.69) is 4.72 Å². The molecule has 0 aliphatic heterocycles. The van der Waals surface area contributed by atoms with Crippen LogP contribution >= 0.6 is 0 Å². The number of sulfonamides is 1. The summed E-state index contributed by atoms with van der Waals surface area (Å²) in [6.07, 6.45) is 0. The second kappa shape index (κ2) is 4.66. The Morgan fingerprint density at radius 1 is 1.28 bits per heavy atom. The highest BCUT2D eigenvalue weighted by atomic mass is 32.2. The standard InChI is InChI=1S/C11H16N2O4S/c1-11(2,3)9-6-5-8(18(16,17)12-4)7-10(9)13(14)15/h5-7,12H,1-4H3. The van der Waals surface area contributed by atoms with Crippen molar-refractivity contribution in [3.63, 3.8) is 0 Å². The number of nitro groups is 1. The molecule has 0 fully saturated rings. The number of nitrogens with one attached hydrogen (secondary N) is 1. The third kappa shape index (κ3) is 2.85. The summed E-state index contributed by atoms with van der Waals surface area (Å²) in [5, 5.41) is 11.0. The fourth-order valence-electron chi connectivity index (χ4n) is 1.58. The van der Waals surface area contributed by atoms with Crippen molar-refractivity contribution < 1.29 is 13.3 Å². The molecule has 100 valence electrons. The van der Waals surface area contributed by atoms with Crippen molar-refractivity contribution in [3.8, 4) is 0 Å². The van der Waals surface area contributed by atoms with E-state index in [9.17, 15) is 18.5 Å². The first-order chi connectivity index (χ1) is 8.09. The molecule has 1 aromatic carbocycles. The number of nitro benzene ring substituents is 1. The Hall–Kier alpha value is -1.47. The zero-order chi connectivity index (χ0) is 14.1. The third-order valence-corrected chi connectivity index (χ3v) is 3.96. The van der Waals surface area contributed by atoms with Crippen molar-refractivity contribution in [3.05, 3.63) is 33.9 Å². The largest absolute Gasteiger partial charge is 0.274 e. The molecule has 1 aromatic rings. The molecule has 18 heavy (non-hydrogen) atoms. The number of nitrogens with zero attached hydrogens (tertiary/aromatic N) is 1. The highest BCUT2D eigenvalue weighted by molar-refractivity contribution is 7.89. The zero-order valence-corrected chi connectivity index (χ0v) is 11.5. The first-order valence-electron chi connectivity index (χ1n) is 5.32. The maximum atomic E-state index is 11.6. The summed E-state index contributed by atoms with van der Waals surface area (Å²) in [5.74, 6) is 0. The van der Waals surface area contributed by atoms with Crippen LogP contribution in [0.5, 0.6) is 0 Å². The average molecular weight is 272 g/mol. The van der Waals surface area contributed by atoms with Gasteiger partial charge < -0.3 is 0 Å². The third-order valence-electron chi connectivity index (χ3n) is 2.55. The van der Waals surface area contributed by atoms with Crippen molar-refractivity contribution in [2.75, 3.05) is 7.05 Å². The van der Waals surface area contributed by atoms with Gasteiger partial charge in [-0.05, 0) is 18.5 Å². The lowest BCUT2D eigenvalue weighted by Gasteiger charge is -2.19. The van der Waals surface area contributed by atoms with E-state index in [1.807, 2.05) is 20.8 Å². The smallest absolute Gasteiger partial charge is 0.258 e. The molecule has 7 heteroatoms. The van der Waals surface area contributed by atoms with Gasteiger partial charge in [0.2, 0.25) is 10.0 Å². The summed E-state index contributed by atoms with van der Waals surface area (Å²) in [4.78, 5) is 10.4. The minimum atomic E-state index is -3.67. The van der Waals surface area contributed by atoms with E-state index in [1.54, 1.807) is 0 Å². The lowest BCUT2D eigenvalue weighted by atomic mass is 9.86. The van der Waals surface area contributed by atoms with Crippen LogP contribution in [0.15, 0.2) is 23.1 Å². The molecule has 0 amide bonds. The topological polar surface area (TPSA) is 89.3 Å². The molecule has 1 N–H and O–H groups in total. The van der Waals surface area contributed by atoms with Gasteiger partial charge in [0, 0.05) is 11.6 Å². The predicted molar refractivity (Wildman–Crippen MR) is 68.0 cm³/mol. The molecule has 0 spiro atoms. The Kier molecular flexibility index (Phi) is 3.78. The van der Waals surface area contributed by atoms with Crippen molar-refractivity contribution in [2.24, 2.45) is 0 Å². The highest BCUT2D eigenvalue weighted by Crippen LogP contribution is 2.32. The van der Waals surface area contributed by atoms with Gasteiger partial charge in [-0.25, -0.2) is 13.1 Å². The van der Waals surface area contributed by atoms with Gasteiger partial charge in [-0.15, -0.1) is 0 Å². The maximum Gasteiger partial charge on any atom is 0.274 e. The molecule has 0 atom stereocenters. The Morgan fingerprint density at radius 3 is 2.22 bits per heavy atom. The highest BCUT2D eigenvalue weighted by Gasteiger charge is 2.27. The van der Waals surface area contributed by atoms with Crippen molar-refractivity contribution in [1.82, 2.24) is 4.72 Å².